The molecule has 0 amide bonds. The summed E-state index contributed by atoms with van der Waals surface area (Å²) in [4.78, 5) is 1.56. The molecule has 3 N–H and O–H groups in total. The Morgan fingerprint density at radius 2 is 2.25 bits per heavy atom. The number of sulfonamides is 1. The van der Waals surface area contributed by atoms with Crippen molar-refractivity contribution >= 4 is 27.3 Å². The van der Waals surface area contributed by atoms with Crippen LogP contribution >= 0.6 is 11.6 Å². The summed E-state index contributed by atoms with van der Waals surface area (Å²) < 4.78 is 40.5. The molecule has 1 aromatic carbocycles. The van der Waals surface area contributed by atoms with Gasteiger partial charge in [0.25, 0.3) is 0 Å². The second-order valence-corrected chi connectivity index (χ2v) is 7.09. The van der Waals surface area contributed by atoms with Crippen LogP contribution in [0.4, 0.5) is 10.1 Å². The van der Waals surface area contributed by atoms with Gasteiger partial charge in [-0.15, -0.1) is 0 Å². The number of nitrogens with zero attached hydrogens (tertiary/aromatic N) is 1. The SMILES string of the molecule is CN1CCCC1CNS(=O)(=O)c1cc(N)cc(Cl)c1F. The molecular formula is C12H17ClFN3O2S. The molecule has 2 rings (SSSR count). The monoisotopic (exact) mass is 321 g/mol. The van der Waals surface area contributed by atoms with Gasteiger partial charge in [-0.25, -0.2) is 17.5 Å². The van der Waals surface area contributed by atoms with E-state index >= 15 is 0 Å². The highest BCUT2D eigenvalue weighted by atomic mass is 35.5. The number of nitrogens with one attached hydrogen (secondary N) is 1. The quantitative estimate of drug-likeness (QED) is 0.823. The molecule has 0 aliphatic carbocycles. The van der Waals surface area contributed by atoms with Crippen molar-refractivity contribution in [2.75, 3.05) is 25.9 Å². The molecule has 0 saturated carbocycles. The van der Waals surface area contributed by atoms with Gasteiger partial charge in [-0.3, -0.25) is 0 Å². The minimum absolute atomic E-state index is 0.106. The lowest BCUT2D eigenvalue weighted by molar-refractivity contribution is 0.310. The molecule has 1 heterocycles. The number of rotatable bonds is 4. The van der Waals surface area contributed by atoms with Crippen LogP contribution < -0.4 is 10.5 Å². The van der Waals surface area contributed by atoms with Crippen molar-refractivity contribution in [2.24, 2.45) is 0 Å². The fraction of sp³-hybridized carbons (Fsp3) is 0.500. The predicted molar refractivity (Wildman–Crippen MR) is 76.7 cm³/mol. The summed E-state index contributed by atoms with van der Waals surface area (Å²) in [6, 6.07) is 2.38. The van der Waals surface area contributed by atoms with Crippen LogP contribution in [-0.2, 0) is 10.0 Å². The zero-order valence-electron chi connectivity index (χ0n) is 11.1. The zero-order chi connectivity index (χ0) is 14.9. The van der Waals surface area contributed by atoms with E-state index in [1.165, 1.54) is 6.07 Å². The Labute approximate surface area is 122 Å². The number of anilines is 1. The molecule has 1 saturated heterocycles. The van der Waals surface area contributed by atoms with Crippen LogP contribution in [0.2, 0.25) is 5.02 Å². The molecule has 5 nitrogen and oxygen atoms in total. The maximum atomic E-state index is 13.8. The standard InChI is InChI=1S/C12H17ClFN3O2S/c1-17-4-2-3-9(17)7-16-20(18,19)11-6-8(15)5-10(13)12(11)14/h5-6,9,16H,2-4,7,15H2,1H3. The highest BCUT2D eigenvalue weighted by molar-refractivity contribution is 7.89. The van der Waals surface area contributed by atoms with Crippen molar-refractivity contribution in [2.45, 2.75) is 23.8 Å². The summed E-state index contributed by atoms with van der Waals surface area (Å²) in [7, 11) is -2.03. The van der Waals surface area contributed by atoms with E-state index in [4.69, 9.17) is 17.3 Å². The number of likely N-dealkylation sites (tertiary alicyclic amines) is 1. The Hall–Kier alpha value is -0.890. The topological polar surface area (TPSA) is 75.4 Å². The zero-order valence-corrected chi connectivity index (χ0v) is 12.6. The summed E-state index contributed by atoms with van der Waals surface area (Å²) in [5.41, 5.74) is 5.62. The van der Waals surface area contributed by atoms with Gasteiger partial charge in [0, 0.05) is 18.3 Å². The first-order valence-electron chi connectivity index (χ1n) is 6.25. The molecule has 0 aromatic heterocycles. The lowest BCUT2D eigenvalue weighted by Crippen LogP contribution is -2.38. The lowest BCUT2D eigenvalue weighted by Gasteiger charge is -2.19. The fourth-order valence-electron chi connectivity index (χ4n) is 2.30. The predicted octanol–water partition coefficient (Wildman–Crippen LogP) is 1.43. The number of benzene rings is 1. The molecule has 112 valence electrons. The molecule has 1 aromatic rings. The molecule has 0 spiro atoms. The molecule has 8 heteroatoms. The molecular weight excluding hydrogens is 305 g/mol. The highest BCUT2D eigenvalue weighted by Crippen LogP contribution is 2.25. The van der Waals surface area contributed by atoms with Crippen LogP contribution in [-0.4, -0.2) is 39.5 Å². The molecule has 1 fully saturated rings. The van der Waals surface area contributed by atoms with Gasteiger partial charge < -0.3 is 10.6 Å². The van der Waals surface area contributed by atoms with Gasteiger partial charge in [-0.2, -0.15) is 0 Å². The minimum Gasteiger partial charge on any atom is -0.399 e. The molecule has 1 aliphatic heterocycles. The second-order valence-electron chi connectivity index (χ2n) is 4.94. The van der Waals surface area contributed by atoms with E-state index in [-0.39, 0.29) is 23.3 Å². The van der Waals surface area contributed by atoms with Gasteiger partial charge in [0.2, 0.25) is 10.0 Å². The van der Waals surface area contributed by atoms with Crippen LogP contribution in [0.5, 0.6) is 0 Å². The third-order valence-corrected chi connectivity index (χ3v) is 5.19. The summed E-state index contributed by atoms with van der Waals surface area (Å²) in [6.45, 7) is 1.18. The van der Waals surface area contributed by atoms with E-state index in [1.54, 1.807) is 0 Å². The Balaban J connectivity index is 2.18. The molecule has 1 unspecified atom stereocenters. The Morgan fingerprint density at radius 1 is 1.55 bits per heavy atom. The Bertz CT molecular complexity index is 609. The van der Waals surface area contributed by atoms with Gasteiger partial charge in [0.05, 0.1) is 5.02 Å². The fourth-order valence-corrected chi connectivity index (χ4v) is 3.79. The molecule has 0 radical (unpaired) electrons. The van der Waals surface area contributed by atoms with E-state index < -0.39 is 20.7 Å². The number of nitrogen functional groups attached to an aromatic ring is 1. The van der Waals surface area contributed by atoms with Gasteiger partial charge in [-0.05, 0) is 38.6 Å². The summed E-state index contributed by atoms with van der Waals surface area (Å²) in [5.74, 6) is -0.979. The third kappa shape index (κ3) is 3.22. The molecule has 20 heavy (non-hydrogen) atoms. The maximum Gasteiger partial charge on any atom is 0.243 e. The van der Waals surface area contributed by atoms with Crippen molar-refractivity contribution in [3.63, 3.8) is 0 Å². The molecule has 1 aliphatic rings. The van der Waals surface area contributed by atoms with Crippen molar-refractivity contribution in [1.29, 1.82) is 0 Å². The summed E-state index contributed by atoms with van der Waals surface area (Å²) >= 11 is 5.62. The number of hydrogen-bond acceptors (Lipinski definition) is 4. The summed E-state index contributed by atoms with van der Waals surface area (Å²) in [5, 5.41) is -0.302. The molecule has 0 bridgehead atoms. The van der Waals surface area contributed by atoms with Gasteiger partial charge >= 0.3 is 0 Å². The third-order valence-electron chi connectivity index (χ3n) is 3.49. The second kappa shape index (κ2) is 5.85. The van der Waals surface area contributed by atoms with Gasteiger partial charge in [0.1, 0.15) is 4.90 Å². The number of hydrogen-bond donors (Lipinski definition) is 2. The van der Waals surface area contributed by atoms with E-state index in [0.29, 0.717) is 0 Å². The van der Waals surface area contributed by atoms with Crippen LogP contribution in [0.3, 0.4) is 0 Å². The van der Waals surface area contributed by atoms with Crippen LogP contribution in [0.15, 0.2) is 17.0 Å². The first-order chi connectivity index (χ1) is 9.31. The van der Waals surface area contributed by atoms with Crippen molar-refractivity contribution in [1.82, 2.24) is 9.62 Å². The van der Waals surface area contributed by atoms with E-state index in [2.05, 4.69) is 9.62 Å². The maximum absolute atomic E-state index is 13.8. The van der Waals surface area contributed by atoms with E-state index in [9.17, 15) is 12.8 Å². The van der Waals surface area contributed by atoms with E-state index in [1.807, 2.05) is 7.05 Å². The Kier molecular flexibility index (Phi) is 4.53. The summed E-state index contributed by atoms with van der Waals surface area (Å²) in [6.07, 6.45) is 1.94. The first kappa shape index (κ1) is 15.5. The van der Waals surface area contributed by atoms with Crippen LogP contribution in [0, 0.1) is 5.82 Å². The van der Waals surface area contributed by atoms with E-state index in [0.717, 1.165) is 25.5 Å². The van der Waals surface area contributed by atoms with Crippen LogP contribution in [0.25, 0.3) is 0 Å². The normalized spacial score (nSPS) is 20.4. The van der Waals surface area contributed by atoms with Crippen molar-refractivity contribution in [3.05, 3.63) is 23.0 Å². The van der Waals surface area contributed by atoms with Crippen LogP contribution in [0.1, 0.15) is 12.8 Å². The largest absolute Gasteiger partial charge is 0.399 e. The Morgan fingerprint density at radius 3 is 2.85 bits per heavy atom. The average Bonchev–Trinajstić information content (AvgIpc) is 2.77. The first-order valence-corrected chi connectivity index (χ1v) is 8.12. The smallest absolute Gasteiger partial charge is 0.243 e. The van der Waals surface area contributed by atoms with Gasteiger partial charge in [-0.1, -0.05) is 11.6 Å². The van der Waals surface area contributed by atoms with Crippen molar-refractivity contribution in [3.8, 4) is 0 Å². The number of nitrogens with two attached hydrogens (primary N) is 1. The number of likely N-dealkylation sites (N-methyl/N-ethyl adjacent to an activating group) is 1. The highest BCUT2D eigenvalue weighted by Gasteiger charge is 2.26. The molecule has 1 atom stereocenters. The minimum atomic E-state index is -3.96. The lowest BCUT2D eigenvalue weighted by atomic mass is 10.2. The van der Waals surface area contributed by atoms with Crippen molar-refractivity contribution < 1.29 is 12.8 Å². The number of halogens is 2. The van der Waals surface area contributed by atoms with Gasteiger partial charge in [0.15, 0.2) is 5.82 Å². The average molecular weight is 322 g/mol.